The summed E-state index contributed by atoms with van der Waals surface area (Å²) in [5, 5.41) is 3.21. The second-order valence-electron chi connectivity index (χ2n) is 2.76. The lowest BCUT2D eigenvalue weighted by Gasteiger charge is -2.02. The van der Waals surface area contributed by atoms with Gasteiger partial charge in [-0.2, -0.15) is 0 Å². The molecule has 3 nitrogen and oxygen atoms in total. The average molecular weight is 163 g/mol. The molecule has 0 amide bonds. The van der Waals surface area contributed by atoms with Crippen molar-refractivity contribution in [2.75, 3.05) is 6.54 Å². The minimum Gasteiger partial charge on any atom is -0.307 e. The molecule has 1 rings (SSSR count). The van der Waals surface area contributed by atoms with Crippen LogP contribution in [0.2, 0.25) is 0 Å². The van der Waals surface area contributed by atoms with Gasteiger partial charge < -0.3 is 5.32 Å². The lowest BCUT2D eigenvalue weighted by atomic mass is 10.3. The van der Waals surface area contributed by atoms with Crippen molar-refractivity contribution >= 4 is 0 Å². The zero-order chi connectivity index (χ0) is 8.81. The van der Waals surface area contributed by atoms with Crippen molar-refractivity contribution < 1.29 is 0 Å². The van der Waals surface area contributed by atoms with E-state index in [0.717, 1.165) is 24.4 Å². The van der Waals surface area contributed by atoms with Gasteiger partial charge in [-0.05, 0) is 13.0 Å². The average Bonchev–Trinajstić information content (AvgIpc) is 2.05. The largest absolute Gasteiger partial charge is 0.307 e. The molecule has 0 aliphatic carbocycles. The molecule has 64 valence electrons. The third-order valence-corrected chi connectivity index (χ3v) is 1.38. The smallest absolute Gasteiger partial charge is 0.115 e. The van der Waals surface area contributed by atoms with Gasteiger partial charge in [0, 0.05) is 19.3 Å². The van der Waals surface area contributed by atoms with Gasteiger partial charge in [-0.3, -0.25) is 0 Å². The first-order chi connectivity index (χ1) is 5.79. The van der Waals surface area contributed by atoms with E-state index in [1.165, 1.54) is 0 Å². The Morgan fingerprint density at radius 3 is 3.08 bits per heavy atom. The molecule has 3 heteroatoms. The van der Waals surface area contributed by atoms with E-state index in [0.29, 0.717) is 0 Å². The molecule has 0 fully saturated rings. The maximum atomic E-state index is 4.07. The van der Waals surface area contributed by atoms with Crippen LogP contribution in [0.3, 0.4) is 0 Å². The Morgan fingerprint density at radius 2 is 2.50 bits per heavy atom. The Hall–Kier alpha value is -1.22. The molecule has 0 spiro atoms. The lowest BCUT2D eigenvalue weighted by molar-refractivity contribution is 0.721. The van der Waals surface area contributed by atoms with E-state index >= 15 is 0 Å². The lowest BCUT2D eigenvalue weighted by Crippen LogP contribution is -2.15. The Bertz CT molecular complexity index is 243. The molecule has 0 radical (unpaired) electrons. The molecule has 0 aliphatic heterocycles. The number of nitrogens with one attached hydrogen (secondary N) is 1. The van der Waals surface area contributed by atoms with Gasteiger partial charge in [-0.1, -0.05) is 12.2 Å². The SMILES string of the molecule is C=C(C)CNCc1ccncn1. The zero-order valence-electron chi connectivity index (χ0n) is 7.25. The highest BCUT2D eigenvalue weighted by Crippen LogP contribution is 1.90. The van der Waals surface area contributed by atoms with Crippen LogP contribution in [0.5, 0.6) is 0 Å². The molecule has 0 atom stereocenters. The molecule has 1 aromatic rings. The number of rotatable bonds is 4. The number of aromatic nitrogens is 2. The van der Waals surface area contributed by atoms with Crippen molar-refractivity contribution in [1.29, 1.82) is 0 Å². The van der Waals surface area contributed by atoms with Crippen LogP contribution in [0.4, 0.5) is 0 Å². The van der Waals surface area contributed by atoms with Gasteiger partial charge in [0.2, 0.25) is 0 Å². The van der Waals surface area contributed by atoms with Crippen molar-refractivity contribution in [2.45, 2.75) is 13.5 Å². The van der Waals surface area contributed by atoms with E-state index in [9.17, 15) is 0 Å². The first kappa shape index (κ1) is 8.87. The van der Waals surface area contributed by atoms with Crippen LogP contribution in [0, 0.1) is 0 Å². The molecular weight excluding hydrogens is 150 g/mol. The highest BCUT2D eigenvalue weighted by molar-refractivity contribution is 4.98. The third kappa shape index (κ3) is 3.25. The Labute approximate surface area is 72.6 Å². The van der Waals surface area contributed by atoms with E-state index in [4.69, 9.17) is 0 Å². The molecule has 0 aliphatic rings. The Morgan fingerprint density at radius 1 is 1.67 bits per heavy atom. The summed E-state index contributed by atoms with van der Waals surface area (Å²) in [6.45, 7) is 7.39. The molecule has 1 aromatic heterocycles. The summed E-state index contributed by atoms with van der Waals surface area (Å²) in [6.07, 6.45) is 3.29. The molecule has 0 aromatic carbocycles. The summed E-state index contributed by atoms with van der Waals surface area (Å²) in [5.74, 6) is 0. The summed E-state index contributed by atoms with van der Waals surface area (Å²) >= 11 is 0. The van der Waals surface area contributed by atoms with Crippen molar-refractivity contribution in [3.63, 3.8) is 0 Å². The topological polar surface area (TPSA) is 37.8 Å². The Kier molecular flexibility index (Phi) is 3.41. The second-order valence-corrected chi connectivity index (χ2v) is 2.76. The van der Waals surface area contributed by atoms with Crippen LogP contribution in [-0.2, 0) is 6.54 Å². The minimum absolute atomic E-state index is 0.773. The van der Waals surface area contributed by atoms with Crippen molar-refractivity contribution in [3.8, 4) is 0 Å². The quantitative estimate of drug-likeness (QED) is 0.676. The van der Waals surface area contributed by atoms with Crippen LogP contribution in [0.15, 0.2) is 30.7 Å². The van der Waals surface area contributed by atoms with Crippen molar-refractivity contribution in [2.24, 2.45) is 0 Å². The molecule has 1 heterocycles. The van der Waals surface area contributed by atoms with Gasteiger partial charge in [0.1, 0.15) is 6.33 Å². The molecule has 0 saturated heterocycles. The van der Waals surface area contributed by atoms with Crippen molar-refractivity contribution in [1.82, 2.24) is 15.3 Å². The van der Waals surface area contributed by atoms with E-state index in [1.54, 1.807) is 12.5 Å². The van der Waals surface area contributed by atoms with Gasteiger partial charge >= 0.3 is 0 Å². The Balaban J connectivity index is 2.29. The number of hydrogen-bond donors (Lipinski definition) is 1. The van der Waals surface area contributed by atoms with Crippen molar-refractivity contribution in [3.05, 3.63) is 36.4 Å². The molecule has 0 bridgehead atoms. The molecule has 0 unspecified atom stereocenters. The fourth-order valence-corrected chi connectivity index (χ4v) is 0.827. The maximum Gasteiger partial charge on any atom is 0.115 e. The summed E-state index contributed by atoms with van der Waals surface area (Å²) in [6, 6.07) is 1.89. The number of hydrogen-bond acceptors (Lipinski definition) is 3. The van der Waals surface area contributed by atoms with Crippen LogP contribution in [0.25, 0.3) is 0 Å². The summed E-state index contributed by atoms with van der Waals surface area (Å²) in [5.41, 5.74) is 2.13. The van der Waals surface area contributed by atoms with Gasteiger partial charge in [-0.15, -0.1) is 0 Å². The zero-order valence-corrected chi connectivity index (χ0v) is 7.25. The van der Waals surface area contributed by atoms with E-state index in [1.807, 2.05) is 13.0 Å². The summed E-state index contributed by atoms with van der Waals surface area (Å²) in [4.78, 5) is 7.90. The predicted molar refractivity (Wildman–Crippen MR) is 48.6 cm³/mol. The highest BCUT2D eigenvalue weighted by atomic mass is 14.9. The van der Waals surface area contributed by atoms with Crippen LogP contribution in [0.1, 0.15) is 12.6 Å². The maximum absolute atomic E-state index is 4.07. The van der Waals surface area contributed by atoms with Crippen LogP contribution in [-0.4, -0.2) is 16.5 Å². The number of nitrogens with zero attached hydrogens (tertiary/aromatic N) is 2. The van der Waals surface area contributed by atoms with E-state index in [2.05, 4.69) is 21.9 Å². The first-order valence-electron chi connectivity index (χ1n) is 3.89. The van der Waals surface area contributed by atoms with Gasteiger partial charge in [0.05, 0.1) is 5.69 Å². The molecule has 0 saturated carbocycles. The van der Waals surface area contributed by atoms with Gasteiger partial charge in [-0.25, -0.2) is 9.97 Å². The highest BCUT2D eigenvalue weighted by Gasteiger charge is 1.91. The first-order valence-corrected chi connectivity index (χ1v) is 3.89. The fraction of sp³-hybridized carbons (Fsp3) is 0.333. The summed E-state index contributed by atoms with van der Waals surface area (Å²) in [7, 11) is 0. The normalized spacial score (nSPS) is 9.75. The summed E-state index contributed by atoms with van der Waals surface area (Å²) < 4.78 is 0. The fourth-order valence-electron chi connectivity index (χ4n) is 0.827. The molecular formula is C9H13N3. The van der Waals surface area contributed by atoms with E-state index < -0.39 is 0 Å². The van der Waals surface area contributed by atoms with E-state index in [-0.39, 0.29) is 0 Å². The minimum atomic E-state index is 0.773. The second kappa shape index (κ2) is 4.62. The van der Waals surface area contributed by atoms with Gasteiger partial charge in [0.15, 0.2) is 0 Å². The standard InChI is InChI=1S/C9H13N3/c1-8(2)5-11-6-9-3-4-10-7-12-9/h3-4,7,11H,1,5-6H2,2H3. The van der Waals surface area contributed by atoms with Crippen LogP contribution < -0.4 is 5.32 Å². The molecule has 1 N–H and O–H groups in total. The third-order valence-electron chi connectivity index (χ3n) is 1.38. The molecule has 12 heavy (non-hydrogen) atoms. The van der Waals surface area contributed by atoms with Gasteiger partial charge in [0.25, 0.3) is 0 Å². The predicted octanol–water partition coefficient (Wildman–Crippen LogP) is 1.14. The monoisotopic (exact) mass is 163 g/mol. The van der Waals surface area contributed by atoms with Crippen LogP contribution >= 0.6 is 0 Å².